The summed E-state index contributed by atoms with van der Waals surface area (Å²) < 4.78 is 31.9. The van der Waals surface area contributed by atoms with Crippen molar-refractivity contribution < 1.29 is 17.9 Å². The summed E-state index contributed by atoms with van der Waals surface area (Å²) in [6, 6.07) is 2.04. The Morgan fingerprint density at radius 1 is 1.39 bits per heavy atom. The van der Waals surface area contributed by atoms with Crippen molar-refractivity contribution in [2.24, 2.45) is 0 Å². The molecule has 1 aromatic carbocycles. The summed E-state index contributed by atoms with van der Waals surface area (Å²) in [5.74, 6) is -0.556. The number of esters is 1. The van der Waals surface area contributed by atoms with Crippen LogP contribution in [0, 0.1) is 0 Å². The molecule has 1 aliphatic heterocycles. The number of carbonyl (C=O) groups excluding carboxylic acids is 1. The maximum atomic E-state index is 13.0. The van der Waals surface area contributed by atoms with Crippen LogP contribution in [0.3, 0.4) is 0 Å². The number of hydrogen-bond donors (Lipinski definition) is 0. The van der Waals surface area contributed by atoms with E-state index in [1.54, 1.807) is 0 Å². The van der Waals surface area contributed by atoms with Crippen LogP contribution >= 0.6 is 39.1 Å². The fourth-order valence-electron chi connectivity index (χ4n) is 2.59. The Hall–Kier alpha value is -0.340. The standard InChI is InChI=1S/C14H16BrCl2NO4S/c1-22-14(19)11-4-2-3-7-18(11)23(20,21)12-6-5-10(16)9(8-15)13(12)17/h5-6,11H,2-4,7-8H2,1H3/t11-/m0/s1. The monoisotopic (exact) mass is 443 g/mol. The number of carbonyl (C=O) groups is 1. The first-order valence-corrected chi connectivity index (χ1v) is 10.3. The van der Waals surface area contributed by atoms with Crippen LogP contribution in [0.25, 0.3) is 0 Å². The molecule has 0 radical (unpaired) electrons. The van der Waals surface area contributed by atoms with Crippen LogP contribution in [-0.4, -0.2) is 38.4 Å². The van der Waals surface area contributed by atoms with Gasteiger partial charge < -0.3 is 4.74 Å². The quantitative estimate of drug-likeness (QED) is 0.525. The Morgan fingerprint density at radius 3 is 2.70 bits per heavy atom. The molecule has 23 heavy (non-hydrogen) atoms. The molecule has 0 aliphatic carbocycles. The third kappa shape index (κ3) is 3.69. The number of hydrogen-bond acceptors (Lipinski definition) is 4. The molecule has 1 heterocycles. The smallest absolute Gasteiger partial charge is 0.324 e. The predicted molar refractivity (Wildman–Crippen MR) is 92.6 cm³/mol. The predicted octanol–water partition coefficient (Wildman–Crippen LogP) is 3.60. The lowest BCUT2D eigenvalue weighted by Gasteiger charge is -2.33. The van der Waals surface area contributed by atoms with Gasteiger partial charge >= 0.3 is 5.97 Å². The molecular formula is C14H16BrCl2NO4S. The van der Waals surface area contributed by atoms with Gasteiger partial charge in [-0.3, -0.25) is 4.79 Å². The number of methoxy groups -OCH3 is 1. The first kappa shape index (κ1) is 19.0. The lowest BCUT2D eigenvalue weighted by Crippen LogP contribution is -2.48. The van der Waals surface area contributed by atoms with Crippen molar-refractivity contribution >= 4 is 55.1 Å². The zero-order valence-electron chi connectivity index (χ0n) is 12.4. The van der Waals surface area contributed by atoms with Crippen LogP contribution in [0.15, 0.2) is 17.0 Å². The highest BCUT2D eigenvalue weighted by atomic mass is 79.9. The Kier molecular flexibility index (Phi) is 6.35. The molecule has 1 aliphatic rings. The first-order chi connectivity index (χ1) is 10.8. The van der Waals surface area contributed by atoms with Gasteiger partial charge in [0.1, 0.15) is 10.9 Å². The van der Waals surface area contributed by atoms with Crippen LogP contribution in [-0.2, 0) is 24.9 Å². The van der Waals surface area contributed by atoms with E-state index in [1.807, 2.05) is 0 Å². The molecule has 5 nitrogen and oxygen atoms in total. The normalized spacial score (nSPS) is 19.6. The van der Waals surface area contributed by atoms with Crippen molar-refractivity contribution in [2.75, 3.05) is 13.7 Å². The number of rotatable bonds is 4. The number of ether oxygens (including phenoxy) is 1. The Bertz CT molecular complexity index is 711. The number of benzene rings is 1. The maximum Gasteiger partial charge on any atom is 0.324 e. The summed E-state index contributed by atoms with van der Waals surface area (Å²) in [6.45, 7) is 0.255. The molecule has 0 unspecified atom stereocenters. The van der Waals surface area contributed by atoms with Gasteiger partial charge in [0, 0.05) is 22.5 Å². The zero-order valence-corrected chi connectivity index (χ0v) is 16.3. The Balaban J connectivity index is 2.50. The lowest BCUT2D eigenvalue weighted by atomic mass is 10.1. The summed E-state index contributed by atoms with van der Waals surface area (Å²) in [5, 5.41) is 0.784. The fraction of sp³-hybridized carbons (Fsp3) is 0.500. The summed E-state index contributed by atoms with van der Waals surface area (Å²) in [6.07, 6.45) is 1.89. The number of sulfonamides is 1. The summed E-state index contributed by atoms with van der Waals surface area (Å²) >= 11 is 15.5. The number of halogens is 3. The van der Waals surface area contributed by atoms with Crippen molar-refractivity contribution in [3.8, 4) is 0 Å². The SMILES string of the molecule is COC(=O)[C@@H]1CCCCN1S(=O)(=O)c1ccc(Cl)c(CBr)c1Cl. The molecule has 1 fully saturated rings. The van der Waals surface area contributed by atoms with Gasteiger partial charge in [-0.05, 0) is 31.4 Å². The molecule has 128 valence electrons. The van der Waals surface area contributed by atoms with Crippen LogP contribution in [0.2, 0.25) is 10.0 Å². The van der Waals surface area contributed by atoms with E-state index >= 15 is 0 Å². The van der Waals surface area contributed by atoms with Gasteiger partial charge in [0.25, 0.3) is 0 Å². The van der Waals surface area contributed by atoms with E-state index in [9.17, 15) is 13.2 Å². The second-order valence-corrected chi connectivity index (χ2v) is 8.33. The molecule has 0 spiro atoms. The van der Waals surface area contributed by atoms with Crippen LogP contribution in [0.1, 0.15) is 24.8 Å². The molecule has 0 saturated carbocycles. The second kappa shape index (κ2) is 7.70. The molecule has 0 amide bonds. The van der Waals surface area contributed by atoms with Gasteiger partial charge in [-0.1, -0.05) is 39.1 Å². The first-order valence-electron chi connectivity index (χ1n) is 6.97. The van der Waals surface area contributed by atoms with E-state index in [1.165, 1.54) is 23.5 Å². The van der Waals surface area contributed by atoms with Gasteiger partial charge in [-0.2, -0.15) is 4.31 Å². The molecule has 1 saturated heterocycles. The average Bonchev–Trinajstić information content (AvgIpc) is 2.54. The highest BCUT2D eigenvalue weighted by molar-refractivity contribution is 9.08. The van der Waals surface area contributed by atoms with E-state index in [0.29, 0.717) is 28.8 Å². The van der Waals surface area contributed by atoms with Gasteiger partial charge in [-0.25, -0.2) is 8.42 Å². The van der Waals surface area contributed by atoms with Gasteiger partial charge in [0.15, 0.2) is 0 Å². The summed E-state index contributed by atoms with van der Waals surface area (Å²) in [4.78, 5) is 11.9. The van der Waals surface area contributed by atoms with E-state index < -0.39 is 22.0 Å². The topological polar surface area (TPSA) is 63.7 Å². The van der Waals surface area contributed by atoms with Crippen molar-refractivity contribution in [2.45, 2.75) is 35.5 Å². The van der Waals surface area contributed by atoms with Crippen molar-refractivity contribution in [1.82, 2.24) is 4.31 Å². The molecule has 0 N–H and O–H groups in total. The number of nitrogens with zero attached hydrogens (tertiary/aromatic N) is 1. The Labute approximate surface area is 154 Å². The maximum absolute atomic E-state index is 13.0. The lowest BCUT2D eigenvalue weighted by molar-refractivity contribution is -0.146. The number of alkyl halides is 1. The van der Waals surface area contributed by atoms with E-state index in [-0.39, 0.29) is 16.5 Å². The fourth-order valence-corrected chi connectivity index (χ4v) is 6.03. The molecule has 0 bridgehead atoms. The Morgan fingerprint density at radius 2 is 2.09 bits per heavy atom. The van der Waals surface area contributed by atoms with E-state index in [2.05, 4.69) is 15.9 Å². The second-order valence-electron chi connectivity index (χ2n) is 5.12. The van der Waals surface area contributed by atoms with Crippen molar-refractivity contribution in [3.05, 3.63) is 27.7 Å². The van der Waals surface area contributed by atoms with Crippen molar-refractivity contribution in [1.29, 1.82) is 0 Å². The van der Waals surface area contributed by atoms with Crippen LogP contribution < -0.4 is 0 Å². The van der Waals surface area contributed by atoms with Gasteiger partial charge in [0.05, 0.1) is 12.1 Å². The van der Waals surface area contributed by atoms with E-state index in [0.717, 1.165) is 6.42 Å². The molecule has 1 atom stereocenters. The largest absolute Gasteiger partial charge is 0.468 e. The molecule has 0 aromatic heterocycles. The number of piperidine rings is 1. The third-order valence-electron chi connectivity index (χ3n) is 3.80. The highest BCUT2D eigenvalue weighted by Gasteiger charge is 2.39. The van der Waals surface area contributed by atoms with Crippen molar-refractivity contribution in [3.63, 3.8) is 0 Å². The minimum absolute atomic E-state index is 0.0474. The average molecular weight is 445 g/mol. The van der Waals surface area contributed by atoms with Gasteiger partial charge in [-0.15, -0.1) is 0 Å². The molecular weight excluding hydrogens is 429 g/mol. The molecule has 9 heteroatoms. The molecule has 1 aromatic rings. The van der Waals surface area contributed by atoms with Gasteiger partial charge in [0.2, 0.25) is 10.0 Å². The third-order valence-corrected chi connectivity index (χ3v) is 7.21. The van der Waals surface area contributed by atoms with Crippen LogP contribution in [0.5, 0.6) is 0 Å². The van der Waals surface area contributed by atoms with E-state index in [4.69, 9.17) is 27.9 Å². The summed E-state index contributed by atoms with van der Waals surface area (Å²) in [5.41, 5.74) is 0.501. The molecule has 2 rings (SSSR count). The zero-order chi connectivity index (χ0) is 17.2. The summed E-state index contributed by atoms with van der Waals surface area (Å²) in [7, 11) is -2.68. The minimum Gasteiger partial charge on any atom is -0.468 e. The highest BCUT2D eigenvalue weighted by Crippen LogP contribution is 2.35. The van der Waals surface area contributed by atoms with Crippen LogP contribution in [0.4, 0.5) is 0 Å². The minimum atomic E-state index is -3.93.